The van der Waals surface area contributed by atoms with Gasteiger partial charge in [0, 0.05) is 11.7 Å². The van der Waals surface area contributed by atoms with Gasteiger partial charge in [0.2, 0.25) is 0 Å². The quantitative estimate of drug-likeness (QED) is 0.865. The molecule has 0 radical (unpaired) electrons. The topological polar surface area (TPSA) is 24.9 Å². The number of rotatable bonds is 4. The van der Waals surface area contributed by atoms with Crippen molar-refractivity contribution in [2.75, 3.05) is 5.32 Å². The zero-order chi connectivity index (χ0) is 13.1. The van der Waals surface area contributed by atoms with Gasteiger partial charge in [-0.05, 0) is 31.9 Å². The fourth-order valence-electron chi connectivity index (χ4n) is 1.45. The molecule has 1 heterocycles. The summed E-state index contributed by atoms with van der Waals surface area (Å²) in [5, 5.41) is 2.90. The Morgan fingerprint density at radius 3 is 2.29 bits per heavy atom. The average molecular weight is 246 g/mol. The molecule has 0 aromatic carbocycles. The zero-order valence-corrected chi connectivity index (χ0v) is 10.2. The van der Waals surface area contributed by atoms with Crippen LogP contribution < -0.4 is 5.32 Å². The lowest BCUT2D eigenvalue weighted by Crippen LogP contribution is -2.34. The first-order valence-electron chi connectivity index (χ1n) is 5.63. The summed E-state index contributed by atoms with van der Waals surface area (Å²) >= 11 is 0. The van der Waals surface area contributed by atoms with Gasteiger partial charge in [0.15, 0.2) is 0 Å². The molecular weight excluding hydrogens is 229 g/mol. The molecular formula is C12H17F3N2. The molecule has 1 N–H and O–H groups in total. The van der Waals surface area contributed by atoms with Crippen molar-refractivity contribution in [2.24, 2.45) is 0 Å². The van der Waals surface area contributed by atoms with E-state index in [4.69, 9.17) is 0 Å². The highest BCUT2D eigenvalue weighted by atomic mass is 19.4. The summed E-state index contributed by atoms with van der Waals surface area (Å²) in [5.41, 5.74) is -1.08. The molecule has 0 aliphatic rings. The SMILES string of the molecule is CCC(C)(CC)Nc1ncccc1C(F)(F)F. The van der Waals surface area contributed by atoms with E-state index < -0.39 is 11.7 Å². The Kier molecular flexibility index (Phi) is 4.01. The summed E-state index contributed by atoms with van der Waals surface area (Å²) in [7, 11) is 0. The Morgan fingerprint density at radius 1 is 1.24 bits per heavy atom. The number of pyridine rings is 1. The van der Waals surface area contributed by atoms with Crippen LogP contribution in [-0.2, 0) is 6.18 Å². The zero-order valence-electron chi connectivity index (χ0n) is 10.2. The van der Waals surface area contributed by atoms with Gasteiger partial charge in [0.25, 0.3) is 0 Å². The highest BCUT2D eigenvalue weighted by Gasteiger charge is 2.35. The number of aromatic nitrogens is 1. The molecule has 0 atom stereocenters. The van der Waals surface area contributed by atoms with E-state index in [1.807, 2.05) is 20.8 Å². The van der Waals surface area contributed by atoms with Crippen molar-refractivity contribution < 1.29 is 13.2 Å². The first-order chi connectivity index (χ1) is 7.82. The lowest BCUT2D eigenvalue weighted by Gasteiger charge is -2.30. The maximum atomic E-state index is 12.8. The number of nitrogens with one attached hydrogen (secondary N) is 1. The minimum Gasteiger partial charge on any atom is -0.364 e. The van der Waals surface area contributed by atoms with Crippen molar-refractivity contribution in [2.45, 2.75) is 45.3 Å². The van der Waals surface area contributed by atoms with Crippen molar-refractivity contribution in [1.29, 1.82) is 0 Å². The number of alkyl halides is 3. The maximum absolute atomic E-state index is 12.8. The van der Waals surface area contributed by atoms with Crippen LogP contribution in [0.4, 0.5) is 19.0 Å². The van der Waals surface area contributed by atoms with E-state index in [9.17, 15) is 13.2 Å². The fraction of sp³-hybridized carbons (Fsp3) is 0.583. The number of hydrogen-bond donors (Lipinski definition) is 1. The van der Waals surface area contributed by atoms with Crippen LogP contribution in [0.2, 0.25) is 0 Å². The van der Waals surface area contributed by atoms with E-state index >= 15 is 0 Å². The Morgan fingerprint density at radius 2 is 1.82 bits per heavy atom. The molecule has 96 valence electrons. The normalized spacial score (nSPS) is 12.6. The highest BCUT2D eigenvalue weighted by Crippen LogP contribution is 2.35. The molecule has 17 heavy (non-hydrogen) atoms. The molecule has 1 aromatic heterocycles. The Balaban J connectivity index is 3.07. The molecule has 0 bridgehead atoms. The van der Waals surface area contributed by atoms with Crippen molar-refractivity contribution >= 4 is 5.82 Å². The second-order valence-electron chi connectivity index (χ2n) is 4.29. The first kappa shape index (κ1) is 13.8. The molecule has 0 aliphatic heterocycles. The molecule has 0 fully saturated rings. The summed E-state index contributed by atoms with van der Waals surface area (Å²) in [5.74, 6) is -0.0915. The number of hydrogen-bond acceptors (Lipinski definition) is 2. The molecule has 0 spiro atoms. The van der Waals surface area contributed by atoms with Gasteiger partial charge in [-0.3, -0.25) is 0 Å². The van der Waals surface area contributed by atoms with Crippen molar-refractivity contribution in [3.63, 3.8) is 0 Å². The Hall–Kier alpha value is -1.26. The molecule has 0 saturated heterocycles. The molecule has 0 unspecified atom stereocenters. The Labute approximate surface area is 99.3 Å². The van der Waals surface area contributed by atoms with Gasteiger partial charge in [0.05, 0.1) is 5.56 Å². The maximum Gasteiger partial charge on any atom is 0.419 e. The average Bonchev–Trinajstić information content (AvgIpc) is 2.28. The number of halogens is 3. The molecule has 0 saturated carbocycles. The Bertz CT molecular complexity index is 370. The van der Waals surface area contributed by atoms with Gasteiger partial charge >= 0.3 is 6.18 Å². The molecule has 1 aromatic rings. The van der Waals surface area contributed by atoms with Crippen molar-refractivity contribution in [3.8, 4) is 0 Å². The summed E-state index contributed by atoms with van der Waals surface area (Å²) in [6.45, 7) is 5.77. The number of nitrogens with zero attached hydrogens (tertiary/aromatic N) is 1. The molecule has 2 nitrogen and oxygen atoms in total. The lowest BCUT2D eigenvalue weighted by atomic mass is 9.95. The van der Waals surface area contributed by atoms with Crippen LogP contribution in [0, 0.1) is 0 Å². The minimum absolute atomic E-state index is 0.0915. The van der Waals surface area contributed by atoms with E-state index in [0.29, 0.717) is 0 Å². The monoisotopic (exact) mass is 246 g/mol. The van der Waals surface area contributed by atoms with Crippen LogP contribution in [0.3, 0.4) is 0 Å². The van der Waals surface area contributed by atoms with Gasteiger partial charge < -0.3 is 5.32 Å². The predicted octanol–water partition coefficient (Wildman–Crippen LogP) is 4.09. The van der Waals surface area contributed by atoms with E-state index in [1.165, 1.54) is 12.3 Å². The summed E-state index contributed by atoms with van der Waals surface area (Å²) in [6.07, 6.45) is -1.54. The van der Waals surface area contributed by atoms with E-state index in [1.54, 1.807) is 0 Å². The van der Waals surface area contributed by atoms with Crippen LogP contribution in [0.1, 0.15) is 39.2 Å². The largest absolute Gasteiger partial charge is 0.419 e. The molecule has 5 heteroatoms. The third-order valence-corrected chi connectivity index (χ3v) is 3.09. The van der Waals surface area contributed by atoms with Crippen LogP contribution in [0.5, 0.6) is 0 Å². The van der Waals surface area contributed by atoms with Crippen LogP contribution in [0.25, 0.3) is 0 Å². The second kappa shape index (κ2) is 4.94. The lowest BCUT2D eigenvalue weighted by molar-refractivity contribution is -0.137. The van der Waals surface area contributed by atoms with Gasteiger partial charge in [-0.2, -0.15) is 13.2 Å². The predicted molar refractivity (Wildman–Crippen MR) is 61.8 cm³/mol. The summed E-state index contributed by atoms with van der Waals surface area (Å²) < 4.78 is 38.3. The third-order valence-electron chi connectivity index (χ3n) is 3.09. The number of anilines is 1. The molecule has 0 aliphatic carbocycles. The summed E-state index contributed by atoms with van der Waals surface area (Å²) in [4.78, 5) is 3.79. The van der Waals surface area contributed by atoms with Crippen LogP contribution in [0.15, 0.2) is 18.3 Å². The van der Waals surface area contributed by atoms with E-state index in [0.717, 1.165) is 18.9 Å². The standard InChI is InChI=1S/C12H17F3N2/c1-4-11(3,5-2)17-10-9(12(13,14)15)7-6-8-16-10/h6-8H,4-5H2,1-3H3,(H,16,17). The molecule has 1 rings (SSSR count). The third kappa shape index (κ3) is 3.35. The van der Waals surface area contributed by atoms with E-state index in [2.05, 4.69) is 10.3 Å². The minimum atomic E-state index is -4.38. The van der Waals surface area contributed by atoms with Crippen molar-refractivity contribution in [1.82, 2.24) is 4.98 Å². The van der Waals surface area contributed by atoms with Gasteiger partial charge in [-0.25, -0.2) is 4.98 Å². The second-order valence-corrected chi connectivity index (χ2v) is 4.29. The van der Waals surface area contributed by atoms with Gasteiger partial charge in [0.1, 0.15) is 5.82 Å². The van der Waals surface area contributed by atoms with Gasteiger partial charge in [-0.15, -0.1) is 0 Å². The van der Waals surface area contributed by atoms with Crippen molar-refractivity contribution in [3.05, 3.63) is 23.9 Å². The highest BCUT2D eigenvalue weighted by molar-refractivity contribution is 5.47. The van der Waals surface area contributed by atoms with Crippen LogP contribution >= 0.6 is 0 Å². The smallest absolute Gasteiger partial charge is 0.364 e. The van der Waals surface area contributed by atoms with Crippen LogP contribution in [-0.4, -0.2) is 10.5 Å². The summed E-state index contributed by atoms with van der Waals surface area (Å²) in [6, 6.07) is 2.34. The van der Waals surface area contributed by atoms with Gasteiger partial charge in [-0.1, -0.05) is 13.8 Å². The van der Waals surface area contributed by atoms with E-state index in [-0.39, 0.29) is 11.4 Å². The first-order valence-corrected chi connectivity index (χ1v) is 5.63. The fourth-order valence-corrected chi connectivity index (χ4v) is 1.45. The molecule has 0 amide bonds.